The summed E-state index contributed by atoms with van der Waals surface area (Å²) in [5.41, 5.74) is 0.372. The molecule has 5 nitrogen and oxygen atoms in total. The molecule has 104 valence electrons. The first-order chi connectivity index (χ1) is 9.52. The van der Waals surface area contributed by atoms with Crippen molar-refractivity contribution in [3.63, 3.8) is 0 Å². The Kier molecular flexibility index (Phi) is 3.93. The minimum Gasteiger partial charge on any atom is -0.480 e. The molecule has 0 saturated carbocycles. The predicted octanol–water partition coefficient (Wildman–Crippen LogP) is 1.97. The average Bonchev–Trinajstić information content (AvgIpc) is 2.44. The monoisotopic (exact) mass is 276 g/mol. The first-order valence-corrected chi connectivity index (χ1v) is 6.11. The Balaban J connectivity index is 2.29. The highest BCUT2D eigenvalue weighted by molar-refractivity contribution is 5.99. The van der Waals surface area contributed by atoms with Crippen LogP contribution in [-0.4, -0.2) is 28.0 Å². The number of carboxylic acids is 1. The van der Waals surface area contributed by atoms with E-state index in [-0.39, 0.29) is 17.5 Å². The number of fused-ring (bicyclic) bond motifs is 1. The van der Waals surface area contributed by atoms with Crippen molar-refractivity contribution in [2.24, 2.45) is 0 Å². The molecule has 2 rings (SSSR count). The average molecular weight is 276 g/mol. The Morgan fingerprint density at radius 2 is 2.20 bits per heavy atom. The van der Waals surface area contributed by atoms with Crippen LogP contribution >= 0.6 is 0 Å². The molecule has 2 N–H and O–H groups in total. The van der Waals surface area contributed by atoms with Crippen molar-refractivity contribution in [1.29, 1.82) is 0 Å². The van der Waals surface area contributed by atoms with Crippen LogP contribution in [-0.2, 0) is 4.79 Å². The fraction of sp³-hybridized carbons (Fsp3) is 0.214. The molecule has 1 heterocycles. The van der Waals surface area contributed by atoms with Crippen LogP contribution in [0, 0.1) is 5.82 Å². The number of aromatic nitrogens is 1. The number of pyridine rings is 1. The summed E-state index contributed by atoms with van der Waals surface area (Å²) in [6.07, 6.45) is 1.51. The van der Waals surface area contributed by atoms with Gasteiger partial charge in [-0.05, 0) is 18.6 Å². The summed E-state index contributed by atoms with van der Waals surface area (Å²) < 4.78 is 13.4. The lowest BCUT2D eigenvalue weighted by Crippen LogP contribution is -2.40. The number of nitrogens with one attached hydrogen (secondary N) is 1. The largest absolute Gasteiger partial charge is 0.480 e. The number of benzene rings is 1. The van der Waals surface area contributed by atoms with Crippen LogP contribution in [0.25, 0.3) is 10.9 Å². The van der Waals surface area contributed by atoms with E-state index in [1.165, 1.54) is 24.4 Å². The number of para-hydroxylation sites is 1. The van der Waals surface area contributed by atoms with Gasteiger partial charge in [0, 0.05) is 11.6 Å². The van der Waals surface area contributed by atoms with E-state index in [4.69, 9.17) is 5.11 Å². The van der Waals surface area contributed by atoms with Crippen molar-refractivity contribution in [3.05, 3.63) is 41.8 Å². The van der Waals surface area contributed by atoms with Gasteiger partial charge in [-0.3, -0.25) is 9.78 Å². The van der Waals surface area contributed by atoms with E-state index in [1.807, 2.05) is 0 Å². The van der Waals surface area contributed by atoms with Crippen LogP contribution in [0.2, 0.25) is 0 Å². The van der Waals surface area contributed by atoms with Gasteiger partial charge < -0.3 is 10.4 Å². The molecule has 2 aromatic rings. The van der Waals surface area contributed by atoms with Gasteiger partial charge in [-0.2, -0.15) is 0 Å². The number of carboxylic acid groups (broad SMARTS) is 1. The van der Waals surface area contributed by atoms with Gasteiger partial charge in [0.15, 0.2) is 0 Å². The van der Waals surface area contributed by atoms with Crippen LogP contribution < -0.4 is 5.32 Å². The zero-order valence-electron chi connectivity index (χ0n) is 10.8. The highest BCUT2D eigenvalue weighted by Crippen LogP contribution is 2.16. The van der Waals surface area contributed by atoms with Crippen molar-refractivity contribution in [2.75, 3.05) is 0 Å². The lowest BCUT2D eigenvalue weighted by Gasteiger charge is -2.12. The summed E-state index contributed by atoms with van der Waals surface area (Å²) >= 11 is 0. The number of hydrogen-bond donors (Lipinski definition) is 2. The summed E-state index contributed by atoms with van der Waals surface area (Å²) in [5, 5.41) is 11.8. The Labute approximate surface area is 114 Å². The van der Waals surface area contributed by atoms with E-state index >= 15 is 0 Å². The number of carbonyl (C=O) groups is 2. The van der Waals surface area contributed by atoms with Crippen LogP contribution in [0.4, 0.5) is 4.39 Å². The topological polar surface area (TPSA) is 79.3 Å². The molecule has 0 fully saturated rings. The van der Waals surface area contributed by atoms with Crippen molar-refractivity contribution >= 4 is 22.8 Å². The summed E-state index contributed by atoms with van der Waals surface area (Å²) in [6, 6.07) is 4.97. The normalized spacial score (nSPS) is 12.1. The van der Waals surface area contributed by atoms with E-state index in [1.54, 1.807) is 13.0 Å². The summed E-state index contributed by atoms with van der Waals surface area (Å²) in [4.78, 5) is 26.7. The third-order valence-electron chi connectivity index (χ3n) is 2.94. The van der Waals surface area contributed by atoms with E-state index in [2.05, 4.69) is 10.3 Å². The molecule has 6 heteroatoms. The second-order valence-corrected chi connectivity index (χ2v) is 4.31. The second-order valence-electron chi connectivity index (χ2n) is 4.31. The third-order valence-corrected chi connectivity index (χ3v) is 2.94. The third kappa shape index (κ3) is 2.74. The van der Waals surface area contributed by atoms with Crippen LogP contribution in [0.15, 0.2) is 30.5 Å². The first kappa shape index (κ1) is 13.9. The SMILES string of the molecule is CCC(NC(=O)c1cnc2c(F)cccc2c1)C(=O)O. The number of rotatable bonds is 4. The molecule has 0 bridgehead atoms. The predicted molar refractivity (Wildman–Crippen MR) is 70.9 cm³/mol. The molecular formula is C14H13FN2O3. The lowest BCUT2D eigenvalue weighted by molar-refractivity contribution is -0.139. The lowest BCUT2D eigenvalue weighted by atomic mass is 10.1. The highest BCUT2D eigenvalue weighted by atomic mass is 19.1. The van der Waals surface area contributed by atoms with Crippen LogP contribution in [0.1, 0.15) is 23.7 Å². The molecular weight excluding hydrogens is 263 g/mol. The molecule has 0 spiro atoms. The molecule has 1 aromatic carbocycles. The van der Waals surface area contributed by atoms with Crippen molar-refractivity contribution in [3.8, 4) is 0 Å². The van der Waals surface area contributed by atoms with E-state index in [0.29, 0.717) is 5.39 Å². The summed E-state index contributed by atoms with van der Waals surface area (Å²) in [5.74, 6) is -2.11. The minimum absolute atomic E-state index is 0.175. The van der Waals surface area contributed by atoms with Crippen LogP contribution in [0.3, 0.4) is 0 Å². The number of halogens is 1. The first-order valence-electron chi connectivity index (χ1n) is 6.11. The smallest absolute Gasteiger partial charge is 0.326 e. The number of aliphatic carboxylic acids is 1. The van der Waals surface area contributed by atoms with Gasteiger partial charge in [0.2, 0.25) is 0 Å². The quantitative estimate of drug-likeness (QED) is 0.894. The molecule has 0 aliphatic carbocycles. The highest BCUT2D eigenvalue weighted by Gasteiger charge is 2.19. The number of hydrogen-bond acceptors (Lipinski definition) is 3. The fourth-order valence-corrected chi connectivity index (χ4v) is 1.83. The molecule has 0 saturated heterocycles. The molecule has 1 amide bonds. The van der Waals surface area contributed by atoms with Gasteiger partial charge in [-0.1, -0.05) is 19.1 Å². The van der Waals surface area contributed by atoms with Gasteiger partial charge in [0.25, 0.3) is 5.91 Å². The molecule has 1 aromatic heterocycles. The molecule has 0 radical (unpaired) electrons. The molecule has 0 aliphatic rings. The second kappa shape index (κ2) is 5.64. The Morgan fingerprint density at radius 3 is 2.85 bits per heavy atom. The maximum absolute atomic E-state index is 13.4. The standard InChI is InChI=1S/C14H13FN2O3/c1-2-11(14(19)20)17-13(18)9-6-8-4-3-5-10(15)12(8)16-7-9/h3-7,11H,2H2,1H3,(H,17,18)(H,19,20). The summed E-state index contributed by atoms with van der Waals surface area (Å²) in [7, 11) is 0. The van der Waals surface area contributed by atoms with Crippen molar-refractivity contribution in [2.45, 2.75) is 19.4 Å². The van der Waals surface area contributed by atoms with Gasteiger partial charge in [-0.15, -0.1) is 0 Å². The maximum Gasteiger partial charge on any atom is 0.326 e. The van der Waals surface area contributed by atoms with Crippen LogP contribution in [0.5, 0.6) is 0 Å². The van der Waals surface area contributed by atoms with Crippen molar-refractivity contribution in [1.82, 2.24) is 10.3 Å². The van der Waals surface area contributed by atoms with E-state index in [9.17, 15) is 14.0 Å². The van der Waals surface area contributed by atoms with Crippen molar-refractivity contribution < 1.29 is 19.1 Å². The Morgan fingerprint density at radius 1 is 1.45 bits per heavy atom. The van der Waals surface area contributed by atoms with Gasteiger partial charge in [0.05, 0.1) is 5.56 Å². The van der Waals surface area contributed by atoms with E-state index < -0.39 is 23.7 Å². The Hall–Kier alpha value is -2.50. The van der Waals surface area contributed by atoms with Gasteiger partial charge in [-0.25, -0.2) is 9.18 Å². The zero-order chi connectivity index (χ0) is 14.7. The maximum atomic E-state index is 13.4. The minimum atomic E-state index is -1.10. The number of carbonyl (C=O) groups excluding carboxylic acids is 1. The molecule has 1 atom stereocenters. The molecule has 0 aliphatic heterocycles. The fourth-order valence-electron chi connectivity index (χ4n) is 1.83. The Bertz CT molecular complexity index is 673. The van der Waals surface area contributed by atoms with Gasteiger partial charge in [0.1, 0.15) is 17.4 Å². The van der Waals surface area contributed by atoms with E-state index in [0.717, 1.165) is 0 Å². The zero-order valence-corrected chi connectivity index (χ0v) is 10.8. The number of nitrogens with zero attached hydrogens (tertiary/aromatic N) is 1. The molecule has 20 heavy (non-hydrogen) atoms. The number of amides is 1. The molecule has 1 unspecified atom stereocenters. The summed E-state index contributed by atoms with van der Waals surface area (Å²) in [6.45, 7) is 1.66. The van der Waals surface area contributed by atoms with Gasteiger partial charge >= 0.3 is 5.97 Å².